The van der Waals surface area contributed by atoms with E-state index in [1.165, 1.54) is 17.4 Å². The van der Waals surface area contributed by atoms with Crippen LogP contribution in [0.5, 0.6) is 0 Å². The SMILES string of the molecule is CCOC(=O)CNC(=O)CNC(=O)CN1C(=O)C(=Cc2cc(-c3ccc(F)c(F)c3)cs2)SC1=S. The molecule has 2 aromatic rings. The third-order valence-electron chi connectivity index (χ3n) is 4.50. The van der Waals surface area contributed by atoms with E-state index in [2.05, 4.69) is 15.4 Å². The van der Waals surface area contributed by atoms with Gasteiger partial charge >= 0.3 is 5.97 Å². The van der Waals surface area contributed by atoms with Gasteiger partial charge in [-0.1, -0.05) is 30.0 Å². The summed E-state index contributed by atoms with van der Waals surface area (Å²) in [6.45, 7) is 0.744. The van der Waals surface area contributed by atoms with Gasteiger partial charge in [0.25, 0.3) is 5.91 Å². The van der Waals surface area contributed by atoms with Crippen LogP contribution in [-0.4, -0.2) is 59.2 Å². The van der Waals surface area contributed by atoms with Crippen molar-refractivity contribution >= 4 is 69.4 Å². The second kappa shape index (κ2) is 12.0. The lowest BCUT2D eigenvalue weighted by Gasteiger charge is -2.14. The molecule has 3 rings (SSSR count). The summed E-state index contributed by atoms with van der Waals surface area (Å²) in [6.07, 6.45) is 1.61. The van der Waals surface area contributed by atoms with E-state index in [0.717, 1.165) is 28.8 Å². The van der Waals surface area contributed by atoms with E-state index in [1.807, 2.05) is 0 Å². The molecule has 8 nitrogen and oxygen atoms in total. The monoisotopic (exact) mass is 539 g/mol. The molecule has 0 saturated carbocycles. The first-order valence-corrected chi connectivity index (χ1v) is 12.3. The van der Waals surface area contributed by atoms with Crippen LogP contribution in [0.15, 0.2) is 34.6 Å². The summed E-state index contributed by atoms with van der Waals surface area (Å²) in [5, 5.41) is 6.41. The van der Waals surface area contributed by atoms with Crippen LogP contribution in [0.3, 0.4) is 0 Å². The summed E-state index contributed by atoms with van der Waals surface area (Å²) in [5.41, 5.74) is 1.16. The molecule has 0 radical (unpaired) electrons. The van der Waals surface area contributed by atoms with Crippen LogP contribution in [0, 0.1) is 11.6 Å². The van der Waals surface area contributed by atoms with Gasteiger partial charge in [-0.05, 0) is 47.7 Å². The van der Waals surface area contributed by atoms with E-state index >= 15 is 0 Å². The molecule has 13 heteroatoms. The zero-order valence-electron chi connectivity index (χ0n) is 18.3. The molecule has 1 saturated heterocycles. The molecule has 1 aromatic carbocycles. The average Bonchev–Trinajstić information content (AvgIpc) is 3.38. The molecule has 1 aliphatic rings. The standard InChI is InChI=1S/C22H19F2N3O5S3/c1-2-32-20(30)9-26-18(28)8-25-19(29)10-27-21(31)17(35-22(27)33)7-14-5-13(11-34-14)12-3-4-15(23)16(24)6-12/h3-7,11H,2,8-10H2,1H3,(H,25,29)(H,26,28). The molecule has 1 aromatic heterocycles. The van der Waals surface area contributed by atoms with Crippen molar-refractivity contribution in [3.63, 3.8) is 0 Å². The minimum Gasteiger partial charge on any atom is -0.465 e. The summed E-state index contributed by atoms with van der Waals surface area (Å²) in [5.74, 6) is -4.15. The van der Waals surface area contributed by atoms with Crippen LogP contribution in [0.4, 0.5) is 8.78 Å². The van der Waals surface area contributed by atoms with Crippen molar-refractivity contribution in [2.24, 2.45) is 0 Å². The van der Waals surface area contributed by atoms with Gasteiger partial charge in [0.2, 0.25) is 11.8 Å². The Morgan fingerprint density at radius 3 is 2.54 bits per heavy atom. The minimum absolute atomic E-state index is 0.181. The van der Waals surface area contributed by atoms with Gasteiger partial charge in [0.15, 0.2) is 11.6 Å². The van der Waals surface area contributed by atoms with E-state index in [4.69, 9.17) is 12.2 Å². The van der Waals surface area contributed by atoms with Crippen molar-refractivity contribution < 1.29 is 32.7 Å². The van der Waals surface area contributed by atoms with Crippen LogP contribution < -0.4 is 10.6 Å². The second-order valence-corrected chi connectivity index (χ2v) is 9.61. The third kappa shape index (κ3) is 7.16. The Labute approximate surface area is 212 Å². The molecule has 2 heterocycles. The van der Waals surface area contributed by atoms with Crippen molar-refractivity contribution in [1.82, 2.24) is 15.5 Å². The number of hydrogen-bond donors (Lipinski definition) is 2. The zero-order chi connectivity index (χ0) is 25.5. The maximum atomic E-state index is 13.5. The number of hydrogen-bond acceptors (Lipinski definition) is 8. The van der Waals surface area contributed by atoms with E-state index in [0.29, 0.717) is 20.9 Å². The molecule has 2 N–H and O–H groups in total. The van der Waals surface area contributed by atoms with E-state index in [1.54, 1.807) is 24.4 Å². The molecular formula is C22H19F2N3O5S3. The Morgan fingerprint density at radius 2 is 1.83 bits per heavy atom. The van der Waals surface area contributed by atoms with Crippen molar-refractivity contribution in [1.29, 1.82) is 0 Å². The molecule has 0 unspecified atom stereocenters. The summed E-state index contributed by atoms with van der Waals surface area (Å²) < 4.78 is 31.5. The minimum atomic E-state index is -0.953. The molecule has 1 aliphatic heterocycles. The van der Waals surface area contributed by atoms with E-state index < -0.39 is 35.3 Å². The molecule has 0 spiro atoms. The Balaban J connectivity index is 1.56. The highest BCUT2D eigenvalue weighted by atomic mass is 32.2. The van der Waals surface area contributed by atoms with Crippen LogP contribution in [0.1, 0.15) is 11.8 Å². The molecule has 0 atom stereocenters. The van der Waals surface area contributed by atoms with Gasteiger partial charge in [0.05, 0.1) is 18.1 Å². The molecule has 184 valence electrons. The molecular weight excluding hydrogens is 520 g/mol. The van der Waals surface area contributed by atoms with Crippen molar-refractivity contribution in [2.45, 2.75) is 6.92 Å². The van der Waals surface area contributed by atoms with E-state index in [9.17, 15) is 28.0 Å². The predicted molar refractivity (Wildman–Crippen MR) is 132 cm³/mol. The Morgan fingerprint density at radius 1 is 1.09 bits per heavy atom. The first-order chi connectivity index (χ1) is 16.7. The highest BCUT2D eigenvalue weighted by Crippen LogP contribution is 2.35. The average molecular weight is 540 g/mol. The maximum absolute atomic E-state index is 13.5. The number of thiophene rings is 1. The number of carbonyl (C=O) groups is 4. The normalized spacial score (nSPS) is 14.4. The van der Waals surface area contributed by atoms with Gasteiger partial charge in [-0.25, -0.2) is 8.78 Å². The molecule has 3 amide bonds. The lowest BCUT2D eigenvalue weighted by Crippen LogP contribution is -2.44. The topological polar surface area (TPSA) is 105 Å². The van der Waals surface area contributed by atoms with Crippen molar-refractivity contribution in [3.8, 4) is 11.1 Å². The molecule has 0 bridgehead atoms. The van der Waals surface area contributed by atoms with Gasteiger partial charge in [0.1, 0.15) is 17.4 Å². The number of nitrogens with one attached hydrogen (secondary N) is 2. The van der Waals surface area contributed by atoms with Gasteiger partial charge in [-0.2, -0.15) is 0 Å². The van der Waals surface area contributed by atoms with Crippen LogP contribution in [0.25, 0.3) is 17.2 Å². The highest BCUT2D eigenvalue weighted by molar-refractivity contribution is 8.26. The summed E-state index contributed by atoms with van der Waals surface area (Å²) in [4.78, 5) is 50.0. The van der Waals surface area contributed by atoms with Crippen molar-refractivity contribution in [2.75, 3.05) is 26.2 Å². The largest absolute Gasteiger partial charge is 0.465 e. The Kier molecular flexibility index (Phi) is 9.07. The van der Waals surface area contributed by atoms with Gasteiger partial charge < -0.3 is 15.4 Å². The number of esters is 1. The number of amides is 3. The number of benzene rings is 1. The van der Waals surface area contributed by atoms with Gasteiger partial charge in [-0.3, -0.25) is 24.1 Å². The predicted octanol–water partition coefficient (Wildman–Crippen LogP) is 2.69. The number of thiocarbonyl (C=S) groups is 1. The van der Waals surface area contributed by atoms with E-state index in [-0.39, 0.29) is 30.6 Å². The summed E-state index contributed by atoms with van der Waals surface area (Å²) in [7, 11) is 0. The first-order valence-electron chi connectivity index (χ1n) is 10.2. The first kappa shape index (κ1) is 26.4. The fourth-order valence-electron chi connectivity index (χ4n) is 2.84. The number of carbonyl (C=O) groups excluding carboxylic acids is 4. The molecule has 35 heavy (non-hydrogen) atoms. The third-order valence-corrected chi connectivity index (χ3v) is 6.76. The Hall–Kier alpha value is -3.16. The fraction of sp³-hybridized carbons (Fsp3) is 0.227. The van der Waals surface area contributed by atoms with Gasteiger partial charge in [0, 0.05) is 4.88 Å². The van der Waals surface area contributed by atoms with Gasteiger partial charge in [-0.15, -0.1) is 11.3 Å². The highest BCUT2D eigenvalue weighted by Gasteiger charge is 2.33. The summed E-state index contributed by atoms with van der Waals surface area (Å²) >= 11 is 7.54. The number of thioether (sulfide) groups is 1. The zero-order valence-corrected chi connectivity index (χ0v) is 20.7. The number of ether oxygens (including phenoxy) is 1. The lowest BCUT2D eigenvalue weighted by atomic mass is 10.1. The lowest BCUT2D eigenvalue weighted by molar-refractivity contribution is -0.143. The Bertz CT molecular complexity index is 1210. The maximum Gasteiger partial charge on any atom is 0.325 e. The number of rotatable bonds is 9. The second-order valence-electron chi connectivity index (χ2n) is 6.99. The number of nitrogens with zero attached hydrogens (tertiary/aromatic N) is 1. The molecule has 1 fully saturated rings. The van der Waals surface area contributed by atoms with Crippen molar-refractivity contribution in [3.05, 3.63) is 51.1 Å². The van der Waals surface area contributed by atoms with Crippen LogP contribution in [-0.2, 0) is 23.9 Å². The fourth-order valence-corrected chi connectivity index (χ4v) is 5.01. The smallest absolute Gasteiger partial charge is 0.325 e. The summed E-state index contributed by atoms with van der Waals surface area (Å²) in [6, 6.07) is 5.32. The van der Waals surface area contributed by atoms with Crippen LogP contribution in [0.2, 0.25) is 0 Å². The number of halogens is 2. The molecule has 0 aliphatic carbocycles. The van der Waals surface area contributed by atoms with Crippen LogP contribution >= 0.6 is 35.3 Å². The quantitative estimate of drug-likeness (QED) is 0.287.